The summed E-state index contributed by atoms with van der Waals surface area (Å²) in [5, 5.41) is 11.8. The van der Waals surface area contributed by atoms with Gasteiger partial charge in [0.15, 0.2) is 0 Å². The molecule has 1 rings (SSSR count). The molecule has 1 aliphatic rings. The van der Waals surface area contributed by atoms with Gasteiger partial charge in [-0.25, -0.2) is 4.79 Å². The predicted octanol–water partition coefficient (Wildman–Crippen LogP) is 2.32. The number of urea groups is 1. The van der Waals surface area contributed by atoms with Crippen molar-refractivity contribution in [3.05, 3.63) is 0 Å². The lowest BCUT2D eigenvalue weighted by Gasteiger charge is -2.33. The van der Waals surface area contributed by atoms with E-state index in [-0.39, 0.29) is 24.4 Å². The zero-order valence-electron chi connectivity index (χ0n) is 12.2. The molecule has 0 aliphatic carbocycles. The van der Waals surface area contributed by atoms with E-state index in [4.69, 9.17) is 5.11 Å². The van der Waals surface area contributed by atoms with Gasteiger partial charge in [-0.3, -0.25) is 4.79 Å². The molecule has 5 nitrogen and oxygen atoms in total. The van der Waals surface area contributed by atoms with Gasteiger partial charge >= 0.3 is 12.0 Å². The van der Waals surface area contributed by atoms with Crippen LogP contribution in [-0.2, 0) is 4.79 Å². The second kappa shape index (κ2) is 7.36. The number of hydrogen-bond acceptors (Lipinski definition) is 2. The number of hydrogen-bond donors (Lipinski definition) is 2. The van der Waals surface area contributed by atoms with Crippen molar-refractivity contribution in [3.63, 3.8) is 0 Å². The van der Waals surface area contributed by atoms with Gasteiger partial charge in [-0.15, -0.1) is 0 Å². The Hall–Kier alpha value is -1.26. The van der Waals surface area contributed by atoms with Gasteiger partial charge in [-0.1, -0.05) is 20.8 Å². The molecule has 1 saturated heterocycles. The second-order valence-corrected chi connectivity index (χ2v) is 5.74. The fraction of sp³-hybridized carbons (Fsp3) is 0.857. The van der Waals surface area contributed by atoms with Crippen molar-refractivity contribution in [1.82, 2.24) is 10.2 Å². The molecule has 0 saturated carbocycles. The number of amides is 2. The summed E-state index contributed by atoms with van der Waals surface area (Å²) in [7, 11) is 0. The minimum Gasteiger partial charge on any atom is -0.481 e. The average Bonchev–Trinajstić information content (AvgIpc) is 2.35. The summed E-state index contributed by atoms with van der Waals surface area (Å²) in [5.74, 6) is -0.0964. The van der Waals surface area contributed by atoms with Crippen molar-refractivity contribution < 1.29 is 14.7 Å². The molecule has 2 amide bonds. The Morgan fingerprint density at radius 3 is 2.32 bits per heavy atom. The molecule has 1 unspecified atom stereocenters. The smallest absolute Gasteiger partial charge is 0.317 e. The van der Waals surface area contributed by atoms with Crippen LogP contribution in [0.5, 0.6) is 0 Å². The van der Waals surface area contributed by atoms with Crippen LogP contribution < -0.4 is 5.32 Å². The van der Waals surface area contributed by atoms with Crippen LogP contribution in [0.15, 0.2) is 0 Å². The Bertz CT molecular complexity index is 310. The highest BCUT2D eigenvalue weighted by Crippen LogP contribution is 2.20. The van der Waals surface area contributed by atoms with Gasteiger partial charge in [0.2, 0.25) is 0 Å². The van der Waals surface area contributed by atoms with Crippen molar-refractivity contribution in [2.75, 3.05) is 13.1 Å². The molecule has 0 aromatic carbocycles. The minimum absolute atomic E-state index is 0.00525. The van der Waals surface area contributed by atoms with E-state index in [1.54, 1.807) is 0 Å². The standard InChI is InChI=1S/C14H26N2O3/c1-4-12(10(2)3)15-14(19)16-7-5-11(6-8-16)9-13(17)18/h10-12H,4-9H2,1-3H3,(H,15,19)(H,17,18). The van der Waals surface area contributed by atoms with Crippen LogP contribution >= 0.6 is 0 Å². The molecule has 1 fully saturated rings. The number of carbonyl (C=O) groups excluding carboxylic acids is 1. The molecule has 1 aliphatic heterocycles. The lowest BCUT2D eigenvalue weighted by atomic mass is 9.94. The van der Waals surface area contributed by atoms with E-state index in [1.807, 2.05) is 4.90 Å². The molecular weight excluding hydrogens is 244 g/mol. The van der Waals surface area contributed by atoms with E-state index >= 15 is 0 Å². The summed E-state index contributed by atoms with van der Waals surface area (Å²) in [6.07, 6.45) is 2.73. The van der Waals surface area contributed by atoms with Gasteiger partial charge in [-0.05, 0) is 31.1 Å². The van der Waals surface area contributed by atoms with Gasteiger partial charge in [0, 0.05) is 25.6 Å². The number of nitrogens with zero attached hydrogens (tertiary/aromatic N) is 1. The van der Waals surface area contributed by atoms with E-state index in [2.05, 4.69) is 26.1 Å². The number of carboxylic acids is 1. The molecule has 0 spiro atoms. The molecule has 19 heavy (non-hydrogen) atoms. The third-order valence-electron chi connectivity index (χ3n) is 3.92. The first-order valence-electron chi connectivity index (χ1n) is 7.21. The van der Waals surface area contributed by atoms with Gasteiger partial charge in [0.05, 0.1) is 0 Å². The summed E-state index contributed by atoms with van der Waals surface area (Å²) >= 11 is 0. The normalized spacial score (nSPS) is 18.4. The summed E-state index contributed by atoms with van der Waals surface area (Å²) in [6, 6.07) is 0.207. The fourth-order valence-corrected chi connectivity index (χ4v) is 2.58. The lowest BCUT2D eigenvalue weighted by molar-refractivity contribution is -0.138. The molecule has 0 aromatic heterocycles. The molecule has 0 bridgehead atoms. The van der Waals surface area contributed by atoms with Crippen molar-refractivity contribution >= 4 is 12.0 Å². The summed E-state index contributed by atoms with van der Waals surface area (Å²) in [6.45, 7) is 7.61. The highest BCUT2D eigenvalue weighted by atomic mass is 16.4. The number of carboxylic acid groups (broad SMARTS) is 1. The average molecular weight is 270 g/mol. The topological polar surface area (TPSA) is 69.6 Å². The van der Waals surface area contributed by atoms with E-state index in [0.717, 1.165) is 19.3 Å². The summed E-state index contributed by atoms with van der Waals surface area (Å²) in [5.41, 5.74) is 0. The number of aliphatic carboxylic acids is 1. The minimum atomic E-state index is -0.742. The first-order chi connectivity index (χ1) is 8.93. The van der Waals surface area contributed by atoms with Crippen LogP contribution in [0.3, 0.4) is 0 Å². The molecule has 0 aromatic rings. The number of rotatable bonds is 5. The quantitative estimate of drug-likeness (QED) is 0.805. The van der Waals surface area contributed by atoms with Crippen LogP contribution in [0.4, 0.5) is 4.79 Å². The summed E-state index contributed by atoms with van der Waals surface area (Å²) in [4.78, 5) is 24.6. The Balaban J connectivity index is 2.38. The van der Waals surface area contributed by atoms with Gasteiger partial charge in [0.25, 0.3) is 0 Å². The Morgan fingerprint density at radius 1 is 1.32 bits per heavy atom. The molecule has 0 radical (unpaired) electrons. The molecule has 1 atom stereocenters. The van der Waals surface area contributed by atoms with Crippen molar-refractivity contribution in [3.8, 4) is 0 Å². The first-order valence-corrected chi connectivity index (χ1v) is 7.21. The third-order valence-corrected chi connectivity index (χ3v) is 3.92. The number of carbonyl (C=O) groups is 2. The second-order valence-electron chi connectivity index (χ2n) is 5.74. The molecule has 110 valence electrons. The maximum atomic E-state index is 12.1. The largest absolute Gasteiger partial charge is 0.481 e. The first kappa shape index (κ1) is 15.8. The van der Waals surface area contributed by atoms with Crippen molar-refractivity contribution in [2.24, 2.45) is 11.8 Å². The fourth-order valence-electron chi connectivity index (χ4n) is 2.58. The maximum absolute atomic E-state index is 12.1. The Labute approximate surface area is 115 Å². The van der Waals surface area contributed by atoms with Crippen LogP contribution in [0.25, 0.3) is 0 Å². The molecular formula is C14H26N2O3. The number of nitrogens with one attached hydrogen (secondary N) is 1. The van der Waals surface area contributed by atoms with Gasteiger partial charge in [0.1, 0.15) is 0 Å². The van der Waals surface area contributed by atoms with Gasteiger partial charge in [-0.2, -0.15) is 0 Å². The number of piperidine rings is 1. The number of likely N-dealkylation sites (tertiary alicyclic amines) is 1. The third kappa shape index (κ3) is 5.09. The maximum Gasteiger partial charge on any atom is 0.317 e. The summed E-state index contributed by atoms with van der Waals surface area (Å²) < 4.78 is 0. The van der Waals surface area contributed by atoms with Crippen molar-refractivity contribution in [1.29, 1.82) is 0 Å². The molecule has 5 heteroatoms. The Morgan fingerprint density at radius 2 is 1.89 bits per heavy atom. The van der Waals surface area contributed by atoms with E-state index in [1.165, 1.54) is 0 Å². The molecule has 1 heterocycles. The van der Waals surface area contributed by atoms with E-state index < -0.39 is 5.97 Å². The zero-order chi connectivity index (χ0) is 14.4. The zero-order valence-corrected chi connectivity index (χ0v) is 12.2. The SMILES string of the molecule is CCC(NC(=O)N1CCC(CC(=O)O)CC1)C(C)C. The molecule has 2 N–H and O–H groups in total. The van der Waals surface area contributed by atoms with Gasteiger partial charge < -0.3 is 15.3 Å². The highest BCUT2D eigenvalue weighted by molar-refractivity contribution is 5.74. The Kier molecular flexibility index (Phi) is 6.12. The van der Waals surface area contributed by atoms with Crippen molar-refractivity contribution in [2.45, 2.75) is 52.5 Å². The predicted molar refractivity (Wildman–Crippen MR) is 74.0 cm³/mol. The van der Waals surface area contributed by atoms with E-state index in [9.17, 15) is 9.59 Å². The monoisotopic (exact) mass is 270 g/mol. The highest BCUT2D eigenvalue weighted by Gasteiger charge is 2.25. The van der Waals surface area contributed by atoms with Crippen LogP contribution in [-0.4, -0.2) is 41.1 Å². The lowest BCUT2D eigenvalue weighted by Crippen LogP contribution is -2.49. The van der Waals surface area contributed by atoms with Crippen LogP contribution in [0.2, 0.25) is 0 Å². The van der Waals surface area contributed by atoms with Crippen LogP contribution in [0, 0.1) is 11.8 Å². The van der Waals surface area contributed by atoms with Crippen LogP contribution in [0.1, 0.15) is 46.5 Å². The van der Waals surface area contributed by atoms with E-state index in [0.29, 0.717) is 19.0 Å².